The highest BCUT2D eigenvalue weighted by Gasteiger charge is 2.09. The highest BCUT2D eigenvalue weighted by atomic mass is 79.9. The molecule has 1 rings (SSSR count). The van der Waals surface area contributed by atoms with Crippen LogP contribution in [0.2, 0.25) is 0 Å². The first kappa shape index (κ1) is 10.5. The summed E-state index contributed by atoms with van der Waals surface area (Å²) in [7, 11) is 0. The van der Waals surface area contributed by atoms with E-state index in [-0.39, 0.29) is 16.8 Å². The topological polar surface area (TPSA) is 40.5 Å². The van der Waals surface area contributed by atoms with Crippen molar-refractivity contribution in [2.75, 3.05) is 6.61 Å². The predicted molar refractivity (Wildman–Crippen MR) is 51.2 cm³/mol. The quantitative estimate of drug-likeness (QED) is 0.862. The molecule has 0 amide bonds. The summed E-state index contributed by atoms with van der Waals surface area (Å²) in [6.07, 6.45) is 0.969. The molecule has 0 aromatic heterocycles. The summed E-state index contributed by atoms with van der Waals surface area (Å²) >= 11 is 3.04. The van der Waals surface area contributed by atoms with Crippen molar-refractivity contribution in [3.63, 3.8) is 0 Å². The van der Waals surface area contributed by atoms with Gasteiger partial charge in [0, 0.05) is 12.2 Å². The zero-order valence-corrected chi connectivity index (χ0v) is 8.51. The summed E-state index contributed by atoms with van der Waals surface area (Å²) in [6, 6.07) is 2.51. The Morgan fingerprint density at radius 1 is 1.38 bits per heavy atom. The monoisotopic (exact) mass is 248 g/mol. The maximum atomic E-state index is 13.0. The van der Waals surface area contributed by atoms with Gasteiger partial charge in [-0.2, -0.15) is 0 Å². The van der Waals surface area contributed by atoms with E-state index < -0.39 is 5.82 Å². The Morgan fingerprint density at radius 2 is 2.08 bits per heavy atom. The number of aliphatic hydroxyl groups is 1. The summed E-state index contributed by atoms with van der Waals surface area (Å²) in [4.78, 5) is 0. The van der Waals surface area contributed by atoms with Crippen LogP contribution < -0.4 is 0 Å². The Bertz CT molecular complexity index is 302. The molecule has 2 N–H and O–H groups in total. The lowest BCUT2D eigenvalue weighted by atomic mass is 10.1. The second-order valence-corrected chi connectivity index (χ2v) is 3.48. The lowest BCUT2D eigenvalue weighted by Crippen LogP contribution is -1.93. The Balaban J connectivity index is 2.96. The van der Waals surface area contributed by atoms with Gasteiger partial charge in [0.25, 0.3) is 0 Å². The number of phenols is 1. The van der Waals surface area contributed by atoms with Crippen LogP contribution in [0.1, 0.15) is 12.0 Å². The molecule has 0 saturated heterocycles. The number of rotatable bonds is 3. The van der Waals surface area contributed by atoms with E-state index in [2.05, 4.69) is 15.9 Å². The fourth-order valence-electron chi connectivity index (χ4n) is 1.08. The first-order chi connectivity index (χ1) is 6.16. The fraction of sp³-hybridized carbons (Fsp3) is 0.333. The van der Waals surface area contributed by atoms with E-state index >= 15 is 0 Å². The van der Waals surface area contributed by atoms with Gasteiger partial charge < -0.3 is 10.2 Å². The lowest BCUT2D eigenvalue weighted by Gasteiger charge is -2.06. The minimum absolute atomic E-state index is 0.0302. The van der Waals surface area contributed by atoms with Gasteiger partial charge in [-0.05, 0) is 40.9 Å². The van der Waals surface area contributed by atoms with Gasteiger partial charge in [-0.1, -0.05) is 0 Å². The summed E-state index contributed by atoms with van der Waals surface area (Å²) in [5, 5.41) is 18.0. The van der Waals surface area contributed by atoms with E-state index in [1.54, 1.807) is 0 Å². The van der Waals surface area contributed by atoms with E-state index in [0.717, 1.165) is 0 Å². The van der Waals surface area contributed by atoms with Crippen LogP contribution in [0, 0.1) is 5.82 Å². The number of benzene rings is 1. The largest absolute Gasteiger partial charge is 0.508 e. The number of hydrogen-bond donors (Lipinski definition) is 2. The molecule has 1 aromatic rings. The average molecular weight is 249 g/mol. The summed E-state index contributed by atoms with van der Waals surface area (Å²) < 4.78 is 13.2. The molecule has 72 valence electrons. The molecule has 0 spiro atoms. The van der Waals surface area contributed by atoms with E-state index in [1.165, 1.54) is 12.1 Å². The first-order valence-corrected chi connectivity index (χ1v) is 4.73. The molecule has 0 saturated carbocycles. The summed E-state index contributed by atoms with van der Waals surface area (Å²) in [5.74, 6) is -0.340. The second-order valence-electron chi connectivity index (χ2n) is 2.69. The van der Waals surface area contributed by atoms with Crippen molar-refractivity contribution in [2.24, 2.45) is 0 Å². The molecule has 0 unspecified atom stereocenters. The molecule has 0 radical (unpaired) electrons. The van der Waals surface area contributed by atoms with Crippen LogP contribution in [-0.2, 0) is 6.42 Å². The molecule has 13 heavy (non-hydrogen) atoms. The fourth-order valence-corrected chi connectivity index (χ4v) is 1.61. The summed E-state index contributed by atoms with van der Waals surface area (Å²) in [5.41, 5.74) is 0.508. The van der Waals surface area contributed by atoms with Crippen LogP contribution in [0.25, 0.3) is 0 Å². The third-order valence-electron chi connectivity index (χ3n) is 1.76. The highest BCUT2D eigenvalue weighted by Crippen LogP contribution is 2.29. The van der Waals surface area contributed by atoms with E-state index in [4.69, 9.17) is 5.11 Å². The van der Waals surface area contributed by atoms with Gasteiger partial charge in [-0.3, -0.25) is 0 Å². The number of halogens is 2. The average Bonchev–Trinajstić information content (AvgIpc) is 2.12. The van der Waals surface area contributed by atoms with Crippen molar-refractivity contribution in [2.45, 2.75) is 12.8 Å². The third kappa shape index (κ3) is 2.42. The van der Waals surface area contributed by atoms with Crippen LogP contribution in [-0.4, -0.2) is 16.8 Å². The molecular formula is C9H10BrFO2. The molecule has 0 fully saturated rings. The first-order valence-electron chi connectivity index (χ1n) is 3.93. The Morgan fingerprint density at radius 3 is 2.69 bits per heavy atom. The van der Waals surface area contributed by atoms with Crippen LogP contribution in [0.5, 0.6) is 5.75 Å². The number of phenolic OH excluding ortho intramolecular Hbond substituents is 1. The van der Waals surface area contributed by atoms with Gasteiger partial charge in [0.05, 0.1) is 4.47 Å². The van der Waals surface area contributed by atoms with Crippen molar-refractivity contribution in [3.8, 4) is 5.75 Å². The van der Waals surface area contributed by atoms with Crippen molar-refractivity contribution < 1.29 is 14.6 Å². The molecule has 0 bridgehead atoms. The van der Waals surface area contributed by atoms with Crippen LogP contribution in [0.3, 0.4) is 0 Å². The Hall–Kier alpha value is -0.610. The van der Waals surface area contributed by atoms with Gasteiger partial charge in [0.2, 0.25) is 0 Å². The van der Waals surface area contributed by atoms with Gasteiger partial charge >= 0.3 is 0 Å². The highest BCUT2D eigenvalue weighted by molar-refractivity contribution is 9.10. The summed E-state index contributed by atoms with van der Waals surface area (Å²) in [6.45, 7) is 0.0302. The van der Waals surface area contributed by atoms with E-state index in [9.17, 15) is 9.50 Å². The van der Waals surface area contributed by atoms with Crippen molar-refractivity contribution in [1.82, 2.24) is 0 Å². The number of aliphatic hydroxyl groups excluding tert-OH is 1. The molecule has 2 nitrogen and oxygen atoms in total. The predicted octanol–water partition coefficient (Wildman–Crippen LogP) is 2.22. The molecule has 4 heteroatoms. The Kier molecular flexibility index (Phi) is 3.69. The van der Waals surface area contributed by atoms with Crippen molar-refractivity contribution in [1.29, 1.82) is 0 Å². The van der Waals surface area contributed by atoms with Gasteiger partial charge in [0.15, 0.2) is 0 Å². The normalized spacial score (nSPS) is 10.4. The zero-order valence-electron chi connectivity index (χ0n) is 6.93. The van der Waals surface area contributed by atoms with Crippen LogP contribution in [0.15, 0.2) is 16.6 Å². The standard InChI is InChI=1S/C9H10BrFO2/c10-9-6(2-1-5-12)8(13)4-3-7(9)11/h3-4,12-13H,1-2,5H2. The minimum Gasteiger partial charge on any atom is -0.508 e. The van der Waals surface area contributed by atoms with Gasteiger partial charge in [-0.15, -0.1) is 0 Å². The van der Waals surface area contributed by atoms with Gasteiger partial charge in [-0.25, -0.2) is 4.39 Å². The van der Waals surface area contributed by atoms with E-state index in [0.29, 0.717) is 18.4 Å². The molecule has 0 aliphatic carbocycles. The molecule has 0 aliphatic rings. The number of hydrogen-bond acceptors (Lipinski definition) is 2. The lowest BCUT2D eigenvalue weighted by molar-refractivity contribution is 0.288. The number of aromatic hydroxyl groups is 1. The van der Waals surface area contributed by atoms with Gasteiger partial charge in [0.1, 0.15) is 11.6 Å². The van der Waals surface area contributed by atoms with E-state index in [1.807, 2.05) is 0 Å². The second kappa shape index (κ2) is 4.58. The molecular weight excluding hydrogens is 239 g/mol. The smallest absolute Gasteiger partial charge is 0.137 e. The maximum Gasteiger partial charge on any atom is 0.137 e. The molecule has 0 aliphatic heterocycles. The minimum atomic E-state index is -0.397. The van der Waals surface area contributed by atoms with Crippen molar-refractivity contribution in [3.05, 3.63) is 28.0 Å². The molecule has 1 aromatic carbocycles. The Labute approximate surface area is 84.1 Å². The van der Waals surface area contributed by atoms with Crippen LogP contribution in [0.4, 0.5) is 4.39 Å². The van der Waals surface area contributed by atoms with Crippen LogP contribution >= 0.6 is 15.9 Å². The molecule has 0 atom stereocenters. The third-order valence-corrected chi connectivity index (χ3v) is 2.61. The zero-order chi connectivity index (χ0) is 9.84. The SMILES string of the molecule is OCCCc1c(O)ccc(F)c1Br. The van der Waals surface area contributed by atoms with Crippen molar-refractivity contribution >= 4 is 15.9 Å². The molecule has 0 heterocycles. The maximum absolute atomic E-state index is 13.0.